The van der Waals surface area contributed by atoms with E-state index in [-0.39, 0.29) is 24.4 Å². The van der Waals surface area contributed by atoms with Crippen molar-refractivity contribution in [3.8, 4) is 11.5 Å². The minimum absolute atomic E-state index is 0.0668. The van der Waals surface area contributed by atoms with Gasteiger partial charge in [0.2, 0.25) is 5.91 Å². The van der Waals surface area contributed by atoms with Crippen molar-refractivity contribution < 1.29 is 23.5 Å². The first-order valence-corrected chi connectivity index (χ1v) is 12.4. The monoisotopic (exact) mass is 510 g/mol. The molecule has 7 nitrogen and oxygen atoms in total. The van der Waals surface area contributed by atoms with E-state index in [1.165, 1.54) is 18.3 Å². The molecule has 0 saturated heterocycles. The summed E-state index contributed by atoms with van der Waals surface area (Å²) in [5.74, 6) is 0.889. The molecule has 8 heteroatoms. The summed E-state index contributed by atoms with van der Waals surface area (Å²) < 4.78 is 16.5. The van der Waals surface area contributed by atoms with Crippen molar-refractivity contribution in [1.29, 1.82) is 0 Å². The Morgan fingerprint density at radius 1 is 1.11 bits per heavy atom. The fraction of sp³-hybridized carbons (Fsp3) is 0.357. The van der Waals surface area contributed by atoms with Crippen LogP contribution in [-0.2, 0) is 11.3 Å². The molecule has 0 unspecified atom stereocenters. The molecule has 0 bridgehead atoms. The Bertz CT molecular complexity index is 1220. The predicted octanol–water partition coefficient (Wildman–Crippen LogP) is 5.70. The zero-order chi connectivity index (χ0) is 25.7. The number of hydrogen-bond donors (Lipinski definition) is 1. The highest BCUT2D eigenvalue weighted by Crippen LogP contribution is 2.36. The number of ether oxygens (including phenoxy) is 2. The van der Waals surface area contributed by atoms with Crippen LogP contribution in [0.4, 0.5) is 0 Å². The summed E-state index contributed by atoms with van der Waals surface area (Å²) in [7, 11) is 3.10. The Labute approximate surface area is 216 Å². The quantitative estimate of drug-likeness (QED) is 0.399. The smallest absolute Gasteiger partial charge is 0.258 e. The van der Waals surface area contributed by atoms with Crippen molar-refractivity contribution in [2.75, 3.05) is 14.2 Å². The number of aryl methyl sites for hydroxylation is 1. The minimum Gasteiger partial charge on any atom is -0.497 e. The lowest BCUT2D eigenvalue weighted by molar-refractivity contribution is -0.126. The van der Waals surface area contributed by atoms with Gasteiger partial charge in [-0.1, -0.05) is 42.6 Å². The first-order chi connectivity index (χ1) is 17.4. The number of methoxy groups -OCH3 is 2. The third kappa shape index (κ3) is 5.51. The highest BCUT2D eigenvalue weighted by Gasteiger charge is 2.36. The van der Waals surface area contributed by atoms with E-state index in [4.69, 9.17) is 25.5 Å². The van der Waals surface area contributed by atoms with Crippen molar-refractivity contribution >= 4 is 23.4 Å². The Balaban J connectivity index is 1.84. The highest BCUT2D eigenvalue weighted by molar-refractivity contribution is 6.31. The highest BCUT2D eigenvalue weighted by atomic mass is 35.5. The van der Waals surface area contributed by atoms with Gasteiger partial charge in [-0.3, -0.25) is 9.59 Å². The average molecular weight is 511 g/mol. The van der Waals surface area contributed by atoms with Gasteiger partial charge in [-0.05, 0) is 49.6 Å². The lowest BCUT2D eigenvalue weighted by Gasteiger charge is -2.33. The zero-order valence-corrected chi connectivity index (χ0v) is 21.5. The van der Waals surface area contributed by atoms with Gasteiger partial charge in [0.1, 0.15) is 23.3 Å². The molecular formula is C28H31ClN2O5. The van der Waals surface area contributed by atoms with E-state index in [2.05, 4.69) is 5.32 Å². The number of carbonyl (C=O) groups excluding carboxylic acids is 2. The summed E-state index contributed by atoms with van der Waals surface area (Å²) in [6.45, 7) is 1.84. The van der Waals surface area contributed by atoms with E-state index in [9.17, 15) is 9.59 Å². The first-order valence-electron chi connectivity index (χ1n) is 12.0. The topological polar surface area (TPSA) is 81.0 Å². The molecule has 0 radical (unpaired) electrons. The molecule has 190 valence electrons. The third-order valence-corrected chi connectivity index (χ3v) is 7.01. The summed E-state index contributed by atoms with van der Waals surface area (Å²) in [5.41, 5.74) is 1.66. The fourth-order valence-electron chi connectivity index (χ4n) is 4.70. The van der Waals surface area contributed by atoms with Gasteiger partial charge in [-0.2, -0.15) is 0 Å². The average Bonchev–Trinajstić information content (AvgIpc) is 3.56. The fourth-order valence-corrected chi connectivity index (χ4v) is 4.89. The molecule has 1 saturated carbocycles. The Morgan fingerprint density at radius 3 is 2.50 bits per heavy atom. The van der Waals surface area contributed by atoms with Crippen molar-refractivity contribution in [2.24, 2.45) is 0 Å². The maximum Gasteiger partial charge on any atom is 0.258 e. The second-order valence-corrected chi connectivity index (χ2v) is 9.32. The summed E-state index contributed by atoms with van der Waals surface area (Å²) in [6.07, 6.45) is 5.43. The molecule has 3 aromatic rings. The number of amides is 2. The predicted molar refractivity (Wildman–Crippen MR) is 137 cm³/mol. The van der Waals surface area contributed by atoms with Gasteiger partial charge < -0.3 is 24.1 Å². The number of nitrogens with zero attached hydrogens (tertiary/aromatic N) is 1. The van der Waals surface area contributed by atoms with Crippen LogP contribution in [-0.4, -0.2) is 37.0 Å². The summed E-state index contributed by atoms with van der Waals surface area (Å²) in [5, 5.41) is 3.69. The van der Waals surface area contributed by atoms with Gasteiger partial charge in [-0.15, -0.1) is 0 Å². The standard InChI is InChI=1S/C28H31ClN2O5/c1-18-22(14-15-36-18)28(33)31(17-19-8-4-7-11-24(19)29)26(27(32)30-20-9-5-6-10-20)23-13-12-21(34-2)16-25(23)35-3/h4,7-8,11-16,20,26H,5-6,9-10,17H2,1-3H3,(H,30,32)/t26-/m1/s1. The molecule has 0 spiro atoms. The van der Waals surface area contributed by atoms with Gasteiger partial charge in [-0.25, -0.2) is 0 Å². The molecule has 1 atom stereocenters. The Morgan fingerprint density at radius 2 is 1.86 bits per heavy atom. The van der Waals surface area contributed by atoms with Crippen LogP contribution in [0.25, 0.3) is 0 Å². The lowest BCUT2D eigenvalue weighted by atomic mass is 9.99. The third-order valence-electron chi connectivity index (χ3n) is 6.65. The van der Waals surface area contributed by atoms with Crippen molar-refractivity contribution in [2.45, 2.75) is 51.2 Å². The lowest BCUT2D eigenvalue weighted by Crippen LogP contribution is -2.46. The summed E-state index contributed by atoms with van der Waals surface area (Å²) in [4.78, 5) is 29.5. The number of hydrogen-bond acceptors (Lipinski definition) is 5. The van der Waals surface area contributed by atoms with Crippen LogP contribution in [0.15, 0.2) is 59.2 Å². The molecule has 2 aromatic carbocycles. The van der Waals surface area contributed by atoms with Crippen LogP contribution in [0.3, 0.4) is 0 Å². The zero-order valence-electron chi connectivity index (χ0n) is 20.8. The van der Waals surface area contributed by atoms with Gasteiger partial charge in [0.05, 0.1) is 26.0 Å². The van der Waals surface area contributed by atoms with E-state index in [0.717, 1.165) is 31.2 Å². The SMILES string of the molecule is COc1ccc([C@H](C(=O)NC2CCCC2)N(Cc2ccccc2Cl)C(=O)c2ccoc2C)c(OC)c1. The summed E-state index contributed by atoms with van der Waals surface area (Å²) in [6, 6.07) is 13.2. The van der Waals surface area contributed by atoms with Gasteiger partial charge in [0, 0.05) is 29.2 Å². The number of carbonyl (C=O) groups is 2. The number of furan rings is 1. The van der Waals surface area contributed by atoms with E-state index in [0.29, 0.717) is 33.4 Å². The van der Waals surface area contributed by atoms with Crippen LogP contribution in [0.1, 0.15) is 59.0 Å². The second kappa shape index (κ2) is 11.5. The molecule has 1 aliphatic rings. The van der Waals surface area contributed by atoms with Gasteiger partial charge >= 0.3 is 0 Å². The van der Waals surface area contributed by atoms with Crippen molar-refractivity contribution in [3.63, 3.8) is 0 Å². The van der Waals surface area contributed by atoms with Gasteiger partial charge in [0.15, 0.2) is 0 Å². The van der Waals surface area contributed by atoms with Crippen molar-refractivity contribution in [1.82, 2.24) is 10.2 Å². The molecule has 1 aliphatic carbocycles. The van der Waals surface area contributed by atoms with E-state index in [1.54, 1.807) is 44.4 Å². The maximum atomic E-state index is 14.0. The Kier molecular flexibility index (Phi) is 8.21. The normalized spacial score (nSPS) is 14.3. The number of benzene rings is 2. The Hall–Kier alpha value is -3.45. The van der Waals surface area contributed by atoms with Gasteiger partial charge in [0.25, 0.3) is 5.91 Å². The van der Waals surface area contributed by atoms with Crippen LogP contribution in [0.5, 0.6) is 11.5 Å². The number of nitrogens with one attached hydrogen (secondary N) is 1. The van der Waals surface area contributed by atoms with Crippen LogP contribution in [0, 0.1) is 6.92 Å². The van der Waals surface area contributed by atoms with E-state index in [1.807, 2.05) is 18.2 Å². The van der Waals surface area contributed by atoms with Crippen LogP contribution >= 0.6 is 11.6 Å². The maximum absolute atomic E-state index is 14.0. The minimum atomic E-state index is -0.982. The number of halogens is 1. The largest absolute Gasteiger partial charge is 0.497 e. The molecule has 36 heavy (non-hydrogen) atoms. The molecular weight excluding hydrogens is 480 g/mol. The van der Waals surface area contributed by atoms with Crippen molar-refractivity contribution in [3.05, 3.63) is 82.3 Å². The molecule has 2 amide bonds. The molecule has 4 rings (SSSR count). The van der Waals surface area contributed by atoms with Crippen LogP contribution < -0.4 is 14.8 Å². The second-order valence-electron chi connectivity index (χ2n) is 8.92. The number of rotatable bonds is 9. The molecule has 1 heterocycles. The van der Waals surface area contributed by atoms with E-state index >= 15 is 0 Å². The molecule has 1 aromatic heterocycles. The van der Waals surface area contributed by atoms with E-state index < -0.39 is 6.04 Å². The summed E-state index contributed by atoms with van der Waals surface area (Å²) >= 11 is 6.50. The molecule has 0 aliphatic heterocycles. The van der Waals surface area contributed by atoms with Crippen LogP contribution in [0.2, 0.25) is 5.02 Å². The first kappa shape index (κ1) is 25.6. The molecule has 1 N–H and O–H groups in total. The molecule has 1 fully saturated rings.